The molecule has 0 aliphatic rings. The molecule has 0 aliphatic carbocycles. The van der Waals surface area contributed by atoms with Crippen molar-refractivity contribution < 1.29 is 19.1 Å². The summed E-state index contributed by atoms with van der Waals surface area (Å²) in [6.45, 7) is 0.430. The summed E-state index contributed by atoms with van der Waals surface area (Å²) < 4.78 is 4.75. The predicted molar refractivity (Wildman–Crippen MR) is 72.3 cm³/mol. The highest BCUT2D eigenvalue weighted by Gasteiger charge is 2.20. The number of nitrogens with two attached hydrogens (primary N) is 1. The lowest BCUT2D eigenvalue weighted by molar-refractivity contribution is -0.146. The molecule has 4 N–H and O–H groups in total. The zero-order valence-electron chi connectivity index (χ0n) is 10.9. The molecule has 0 fully saturated rings. The van der Waals surface area contributed by atoms with Crippen molar-refractivity contribution in [1.82, 2.24) is 15.5 Å². The molecule has 0 atom stereocenters. The molecule has 0 saturated carbocycles. The normalized spacial score (nSPS) is 9.58. The maximum Gasteiger partial charge on any atom is 0.312 e. The van der Waals surface area contributed by atoms with Gasteiger partial charge in [0, 0.05) is 20.7 Å². The first-order valence-corrected chi connectivity index (χ1v) is 5.86. The largest absolute Gasteiger partial charge is 0.392 e. The van der Waals surface area contributed by atoms with E-state index in [9.17, 15) is 14.4 Å². The van der Waals surface area contributed by atoms with E-state index < -0.39 is 11.8 Å². The number of thiocarbonyl (C=S) groups is 1. The van der Waals surface area contributed by atoms with Crippen LogP contribution in [0.4, 0.5) is 0 Å². The fourth-order valence-corrected chi connectivity index (χ4v) is 1.12. The second-order valence-electron chi connectivity index (χ2n) is 3.65. The Balaban J connectivity index is 4.07. The Morgan fingerprint density at radius 2 is 1.95 bits per heavy atom. The number of nitrogens with one attached hydrogen (secondary N) is 2. The van der Waals surface area contributed by atoms with Gasteiger partial charge in [0.2, 0.25) is 5.91 Å². The third-order valence-corrected chi connectivity index (χ3v) is 2.12. The molecule has 3 amide bonds. The number of amides is 3. The van der Waals surface area contributed by atoms with E-state index in [2.05, 4.69) is 22.9 Å². The topological polar surface area (TPSA) is 114 Å². The standard InChI is InChI=1S/C10H18N4O4S/c1-14(6-8(15)12-3-4-18-2)10(17)9(16)13-5-7(11)19/h3-6H2,1-2H3,(H2,11,19)(H,12,15)(H,13,16). The van der Waals surface area contributed by atoms with Gasteiger partial charge in [0.15, 0.2) is 0 Å². The number of carbonyl (C=O) groups excluding carboxylic acids is 3. The van der Waals surface area contributed by atoms with Crippen LogP contribution in [0.15, 0.2) is 0 Å². The molecular formula is C10H18N4O4S. The fourth-order valence-electron chi connectivity index (χ4n) is 1.05. The summed E-state index contributed by atoms with van der Waals surface area (Å²) in [7, 11) is 2.85. The van der Waals surface area contributed by atoms with E-state index >= 15 is 0 Å². The van der Waals surface area contributed by atoms with Crippen LogP contribution in [0.1, 0.15) is 0 Å². The molecule has 0 aromatic rings. The maximum absolute atomic E-state index is 11.5. The minimum Gasteiger partial charge on any atom is -0.392 e. The molecule has 0 unspecified atom stereocenters. The zero-order valence-corrected chi connectivity index (χ0v) is 11.7. The van der Waals surface area contributed by atoms with Crippen molar-refractivity contribution >= 4 is 34.9 Å². The molecule has 0 aromatic heterocycles. The quantitative estimate of drug-likeness (QED) is 0.274. The van der Waals surface area contributed by atoms with Crippen LogP contribution >= 0.6 is 12.2 Å². The molecule has 19 heavy (non-hydrogen) atoms. The highest BCUT2D eigenvalue weighted by atomic mass is 32.1. The minimum absolute atomic E-state index is 0.0617. The highest BCUT2D eigenvalue weighted by molar-refractivity contribution is 7.80. The van der Waals surface area contributed by atoms with Gasteiger partial charge in [-0.15, -0.1) is 0 Å². The number of carbonyl (C=O) groups is 3. The van der Waals surface area contributed by atoms with E-state index in [-0.39, 0.29) is 24.0 Å². The zero-order chi connectivity index (χ0) is 14.8. The molecule has 0 bridgehead atoms. The van der Waals surface area contributed by atoms with Crippen LogP contribution in [0.25, 0.3) is 0 Å². The van der Waals surface area contributed by atoms with E-state index in [1.807, 2.05) is 0 Å². The van der Waals surface area contributed by atoms with E-state index in [1.165, 1.54) is 14.2 Å². The van der Waals surface area contributed by atoms with Gasteiger partial charge in [0.05, 0.1) is 24.7 Å². The Hall–Kier alpha value is -1.74. The smallest absolute Gasteiger partial charge is 0.312 e. The minimum atomic E-state index is -0.861. The Bertz CT molecular complexity index is 361. The van der Waals surface area contributed by atoms with Crippen molar-refractivity contribution in [2.45, 2.75) is 0 Å². The molecule has 0 saturated heterocycles. The highest BCUT2D eigenvalue weighted by Crippen LogP contribution is 1.85. The number of hydrogen-bond acceptors (Lipinski definition) is 5. The number of likely N-dealkylation sites (N-methyl/N-ethyl adjacent to an activating group) is 1. The average Bonchev–Trinajstić information content (AvgIpc) is 2.35. The van der Waals surface area contributed by atoms with Crippen molar-refractivity contribution in [3.05, 3.63) is 0 Å². The first kappa shape index (κ1) is 17.3. The number of rotatable bonds is 7. The number of hydrogen-bond donors (Lipinski definition) is 3. The Kier molecular flexibility index (Phi) is 8.38. The first-order valence-electron chi connectivity index (χ1n) is 5.45. The van der Waals surface area contributed by atoms with Crippen LogP contribution in [0, 0.1) is 0 Å². The molecule has 0 rings (SSSR count). The van der Waals surface area contributed by atoms with Crippen LogP contribution in [0.3, 0.4) is 0 Å². The van der Waals surface area contributed by atoms with Crippen LogP contribution in [0.5, 0.6) is 0 Å². The van der Waals surface area contributed by atoms with Gasteiger partial charge in [-0.3, -0.25) is 14.4 Å². The van der Waals surface area contributed by atoms with E-state index in [1.54, 1.807) is 0 Å². The van der Waals surface area contributed by atoms with E-state index in [4.69, 9.17) is 10.5 Å². The van der Waals surface area contributed by atoms with Crippen LogP contribution in [-0.2, 0) is 19.1 Å². The molecular weight excluding hydrogens is 272 g/mol. The van der Waals surface area contributed by atoms with E-state index in [0.717, 1.165) is 4.90 Å². The SMILES string of the molecule is COCCNC(=O)CN(C)C(=O)C(=O)NCC(N)=S. The van der Waals surface area contributed by atoms with Gasteiger partial charge in [0.1, 0.15) is 0 Å². The molecule has 108 valence electrons. The third-order valence-electron chi connectivity index (χ3n) is 1.97. The van der Waals surface area contributed by atoms with Crippen molar-refractivity contribution in [2.24, 2.45) is 5.73 Å². The molecule has 0 aromatic carbocycles. The molecule has 8 nitrogen and oxygen atoms in total. The lowest BCUT2D eigenvalue weighted by Gasteiger charge is -2.16. The summed E-state index contributed by atoms with van der Waals surface area (Å²) >= 11 is 4.56. The summed E-state index contributed by atoms with van der Waals surface area (Å²) in [4.78, 5) is 35.4. The number of ether oxygens (including phenoxy) is 1. The van der Waals surface area contributed by atoms with Crippen molar-refractivity contribution in [3.63, 3.8) is 0 Å². The van der Waals surface area contributed by atoms with Gasteiger partial charge in [0.25, 0.3) is 0 Å². The molecule has 0 heterocycles. The third kappa shape index (κ3) is 8.06. The van der Waals surface area contributed by atoms with Crippen LogP contribution in [0.2, 0.25) is 0 Å². The predicted octanol–water partition coefficient (Wildman–Crippen LogP) is -2.39. The van der Waals surface area contributed by atoms with Gasteiger partial charge in [-0.2, -0.15) is 0 Å². The number of nitrogens with zero attached hydrogens (tertiary/aromatic N) is 1. The van der Waals surface area contributed by atoms with Crippen molar-refractivity contribution in [3.8, 4) is 0 Å². The van der Waals surface area contributed by atoms with Gasteiger partial charge >= 0.3 is 11.8 Å². The molecule has 0 spiro atoms. The molecule has 9 heteroatoms. The van der Waals surface area contributed by atoms with Gasteiger partial charge in [-0.25, -0.2) is 0 Å². The lowest BCUT2D eigenvalue weighted by atomic mass is 10.4. The second kappa shape index (κ2) is 9.22. The summed E-state index contributed by atoms with van der Waals surface area (Å²) in [6.07, 6.45) is 0. The maximum atomic E-state index is 11.5. The van der Waals surface area contributed by atoms with Crippen molar-refractivity contribution in [1.29, 1.82) is 0 Å². The average molecular weight is 290 g/mol. The monoisotopic (exact) mass is 290 g/mol. The Labute approximate surface area is 116 Å². The summed E-state index contributed by atoms with van der Waals surface area (Å²) in [6, 6.07) is 0. The Morgan fingerprint density at radius 3 is 2.47 bits per heavy atom. The van der Waals surface area contributed by atoms with Gasteiger partial charge in [-0.05, 0) is 0 Å². The molecule has 0 radical (unpaired) electrons. The van der Waals surface area contributed by atoms with Gasteiger partial charge in [-0.1, -0.05) is 12.2 Å². The lowest BCUT2D eigenvalue weighted by Crippen LogP contribution is -2.46. The fraction of sp³-hybridized carbons (Fsp3) is 0.600. The van der Waals surface area contributed by atoms with Crippen molar-refractivity contribution in [2.75, 3.05) is 40.4 Å². The van der Waals surface area contributed by atoms with Gasteiger partial charge < -0.3 is 26.0 Å². The second-order valence-corrected chi connectivity index (χ2v) is 4.18. The molecule has 0 aliphatic heterocycles. The summed E-state index contributed by atoms with van der Waals surface area (Å²) in [5.74, 6) is -2.08. The van der Waals surface area contributed by atoms with E-state index in [0.29, 0.717) is 13.2 Å². The Morgan fingerprint density at radius 1 is 1.32 bits per heavy atom. The van der Waals surface area contributed by atoms with Crippen LogP contribution in [-0.4, -0.2) is 68.0 Å². The first-order chi connectivity index (χ1) is 8.88. The number of methoxy groups -OCH3 is 1. The van der Waals surface area contributed by atoms with Crippen LogP contribution < -0.4 is 16.4 Å². The summed E-state index contributed by atoms with van der Waals surface area (Å²) in [5.41, 5.74) is 5.18. The summed E-state index contributed by atoms with van der Waals surface area (Å²) in [5, 5.41) is 4.77.